The van der Waals surface area contributed by atoms with Crippen LogP contribution in [-0.4, -0.2) is 35.1 Å². The summed E-state index contributed by atoms with van der Waals surface area (Å²) in [6, 6.07) is 0.284. The Morgan fingerprint density at radius 3 is 2.68 bits per heavy atom. The van der Waals surface area contributed by atoms with Crippen LogP contribution < -0.4 is 5.73 Å². The van der Waals surface area contributed by atoms with E-state index < -0.39 is 0 Å². The molecule has 2 rings (SSSR count). The van der Waals surface area contributed by atoms with E-state index in [0.717, 1.165) is 30.0 Å². The summed E-state index contributed by atoms with van der Waals surface area (Å²) in [6.07, 6.45) is 1.38. The number of aromatic nitrogens is 1. The topological polar surface area (TPSA) is 72.4 Å². The molecule has 1 aromatic rings. The highest BCUT2D eigenvalue weighted by atomic mass is 35.5. The first-order chi connectivity index (χ1) is 8.52. The van der Waals surface area contributed by atoms with Crippen LogP contribution in [0.2, 0.25) is 0 Å². The lowest BCUT2D eigenvalue weighted by Crippen LogP contribution is -2.35. The van der Waals surface area contributed by atoms with Crippen molar-refractivity contribution < 1.29 is 9.32 Å². The first-order valence-corrected chi connectivity index (χ1v) is 6.44. The molecule has 0 aliphatic carbocycles. The second-order valence-electron chi connectivity index (χ2n) is 5.21. The molecule has 2 N–H and O–H groups in total. The Labute approximate surface area is 119 Å². The van der Waals surface area contributed by atoms with E-state index in [1.807, 2.05) is 18.7 Å². The SMILES string of the molecule is Cc1noc(C)c1CC(=O)N1CC(CN)CC1C.Cl. The van der Waals surface area contributed by atoms with Gasteiger partial charge in [0.15, 0.2) is 0 Å². The van der Waals surface area contributed by atoms with Gasteiger partial charge in [0, 0.05) is 18.2 Å². The molecule has 1 aliphatic rings. The van der Waals surface area contributed by atoms with Gasteiger partial charge in [0.05, 0.1) is 12.1 Å². The zero-order valence-corrected chi connectivity index (χ0v) is 12.5. The van der Waals surface area contributed by atoms with E-state index in [-0.39, 0.29) is 24.4 Å². The highest BCUT2D eigenvalue weighted by Crippen LogP contribution is 2.24. The van der Waals surface area contributed by atoms with E-state index in [0.29, 0.717) is 18.9 Å². The standard InChI is InChI=1S/C13H21N3O2.ClH/c1-8-4-11(6-14)7-16(8)13(17)5-12-9(2)15-18-10(12)3;/h8,11H,4-7,14H2,1-3H3;1H. The third-order valence-electron chi connectivity index (χ3n) is 3.82. The fourth-order valence-electron chi connectivity index (χ4n) is 2.67. The van der Waals surface area contributed by atoms with Gasteiger partial charge >= 0.3 is 0 Å². The Bertz CT molecular complexity index is 428. The molecule has 1 saturated heterocycles. The molecule has 0 spiro atoms. The zero-order chi connectivity index (χ0) is 13.3. The Morgan fingerprint density at radius 2 is 2.21 bits per heavy atom. The summed E-state index contributed by atoms with van der Waals surface area (Å²) in [7, 11) is 0. The van der Waals surface area contributed by atoms with Crippen molar-refractivity contribution in [3.8, 4) is 0 Å². The number of nitrogens with two attached hydrogens (primary N) is 1. The average molecular weight is 288 g/mol. The van der Waals surface area contributed by atoms with Gasteiger partial charge in [0.1, 0.15) is 5.76 Å². The van der Waals surface area contributed by atoms with Crippen molar-refractivity contribution in [2.75, 3.05) is 13.1 Å². The predicted molar refractivity (Wildman–Crippen MR) is 75.3 cm³/mol. The summed E-state index contributed by atoms with van der Waals surface area (Å²) >= 11 is 0. The van der Waals surface area contributed by atoms with Crippen molar-refractivity contribution >= 4 is 18.3 Å². The predicted octanol–water partition coefficient (Wildman–Crippen LogP) is 1.45. The molecule has 0 saturated carbocycles. The molecule has 6 heteroatoms. The van der Waals surface area contributed by atoms with Gasteiger partial charge in [-0.1, -0.05) is 5.16 Å². The number of aryl methyl sites for hydroxylation is 2. The van der Waals surface area contributed by atoms with Gasteiger partial charge < -0.3 is 15.2 Å². The third kappa shape index (κ3) is 3.28. The molecule has 1 amide bonds. The summed E-state index contributed by atoms with van der Waals surface area (Å²) in [6.45, 7) is 7.23. The van der Waals surface area contributed by atoms with Crippen molar-refractivity contribution in [3.63, 3.8) is 0 Å². The zero-order valence-electron chi connectivity index (χ0n) is 11.7. The lowest BCUT2D eigenvalue weighted by atomic mass is 10.1. The number of carbonyl (C=O) groups excluding carboxylic acids is 1. The molecule has 0 bridgehead atoms. The van der Waals surface area contributed by atoms with Crippen LogP contribution in [0.3, 0.4) is 0 Å². The monoisotopic (exact) mass is 287 g/mol. The highest BCUT2D eigenvalue weighted by Gasteiger charge is 2.32. The van der Waals surface area contributed by atoms with Crippen LogP contribution >= 0.6 is 12.4 Å². The molecular formula is C13H22ClN3O2. The Morgan fingerprint density at radius 1 is 1.53 bits per heavy atom. The first kappa shape index (κ1) is 16.0. The first-order valence-electron chi connectivity index (χ1n) is 6.44. The second kappa shape index (κ2) is 6.39. The van der Waals surface area contributed by atoms with Crippen LogP contribution in [0.25, 0.3) is 0 Å². The molecule has 1 aliphatic heterocycles. The second-order valence-corrected chi connectivity index (χ2v) is 5.21. The minimum absolute atomic E-state index is 0. The molecule has 1 fully saturated rings. The average Bonchev–Trinajstić information content (AvgIpc) is 2.86. The number of halogens is 1. The van der Waals surface area contributed by atoms with Gasteiger partial charge in [-0.05, 0) is 39.7 Å². The van der Waals surface area contributed by atoms with Gasteiger partial charge in [0.25, 0.3) is 0 Å². The van der Waals surface area contributed by atoms with Crippen LogP contribution in [0.5, 0.6) is 0 Å². The van der Waals surface area contributed by atoms with Gasteiger partial charge in [-0.25, -0.2) is 0 Å². The fraction of sp³-hybridized carbons (Fsp3) is 0.692. The summed E-state index contributed by atoms with van der Waals surface area (Å²) in [5.41, 5.74) is 7.41. The smallest absolute Gasteiger partial charge is 0.227 e. The molecule has 0 radical (unpaired) electrons. The van der Waals surface area contributed by atoms with Crippen LogP contribution in [0.4, 0.5) is 0 Å². The fourth-order valence-corrected chi connectivity index (χ4v) is 2.67. The number of rotatable bonds is 3. The van der Waals surface area contributed by atoms with Gasteiger partial charge in [-0.3, -0.25) is 4.79 Å². The number of hydrogen-bond acceptors (Lipinski definition) is 4. The lowest BCUT2D eigenvalue weighted by molar-refractivity contribution is -0.131. The third-order valence-corrected chi connectivity index (χ3v) is 3.82. The van der Waals surface area contributed by atoms with E-state index in [4.69, 9.17) is 10.3 Å². The molecule has 2 atom stereocenters. The van der Waals surface area contributed by atoms with Crippen molar-refractivity contribution in [1.29, 1.82) is 0 Å². The molecule has 108 valence electrons. The molecule has 1 aromatic heterocycles. The van der Waals surface area contributed by atoms with Crippen molar-refractivity contribution in [2.24, 2.45) is 11.7 Å². The maximum atomic E-state index is 12.3. The van der Waals surface area contributed by atoms with Crippen molar-refractivity contribution in [1.82, 2.24) is 10.1 Å². The van der Waals surface area contributed by atoms with Gasteiger partial charge in [-0.15, -0.1) is 12.4 Å². The maximum Gasteiger partial charge on any atom is 0.227 e. The van der Waals surface area contributed by atoms with E-state index in [2.05, 4.69) is 12.1 Å². The molecule has 0 aromatic carbocycles. The largest absolute Gasteiger partial charge is 0.361 e. The molecule has 2 heterocycles. The number of likely N-dealkylation sites (tertiary alicyclic amines) is 1. The summed E-state index contributed by atoms with van der Waals surface area (Å²) in [4.78, 5) is 14.2. The van der Waals surface area contributed by atoms with Crippen molar-refractivity contribution in [3.05, 3.63) is 17.0 Å². The number of hydrogen-bond donors (Lipinski definition) is 1. The normalized spacial score (nSPS) is 22.4. The van der Waals surface area contributed by atoms with Gasteiger partial charge in [0.2, 0.25) is 5.91 Å². The van der Waals surface area contributed by atoms with Crippen molar-refractivity contribution in [2.45, 2.75) is 39.7 Å². The van der Waals surface area contributed by atoms with Gasteiger partial charge in [-0.2, -0.15) is 0 Å². The number of carbonyl (C=O) groups is 1. The molecule has 5 nitrogen and oxygen atoms in total. The summed E-state index contributed by atoms with van der Waals surface area (Å²) in [5, 5.41) is 3.88. The number of nitrogens with zero attached hydrogens (tertiary/aromatic N) is 2. The summed E-state index contributed by atoms with van der Waals surface area (Å²) < 4.78 is 5.09. The van der Waals surface area contributed by atoms with E-state index in [1.54, 1.807) is 0 Å². The minimum atomic E-state index is 0. The van der Waals surface area contributed by atoms with Crippen LogP contribution in [-0.2, 0) is 11.2 Å². The van der Waals surface area contributed by atoms with E-state index >= 15 is 0 Å². The van der Waals surface area contributed by atoms with Crippen LogP contribution in [0, 0.1) is 19.8 Å². The van der Waals surface area contributed by atoms with E-state index in [1.165, 1.54) is 0 Å². The lowest BCUT2D eigenvalue weighted by Gasteiger charge is -2.21. The quantitative estimate of drug-likeness (QED) is 0.913. The Kier molecular flexibility index (Phi) is 5.38. The van der Waals surface area contributed by atoms with Crippen LogP contribution in [0.15, 0.2) is 4.52 Å². The Hall–Kier alpha value is -1.07. The maximum absolute atomic E-state index is 12.3. The number of amides is 1. The summed E-state index contributed by atoms with van der Waals surface area (Å²) in [5.74, 6) is 1.32. The molecule has 2 unspecified atom stereocenters. The highest BCUT2D eigenvalue weighted by molar-refractivity contribution is 5.85. The van der Waals surface area contributed by atoms with E-state index in [9.17, 15) is 4.79 Å². The molecule has 19 heavy (non-hydrogen) atoms. The Balaban J connectivity index is 0.00000180. The van der Waals surface area contributed by atoms with Crippen LogP contribution in [0.1, 0.15) is 30.4 Å². The minimum Gasteiger partial charge on any atom is -0.361 e. The molecular weight excluding hydrogens is 266 g/mol.